The lowest BCUT2D eigenvalue weighted by molar-refractivity contribution is -0.181. The zero-order valence-corrected chi connectivity index (χ0v) is 11.0. The van der Waals surface area contributed by atoms with Crippen molar-refractivity contribution in [3.8, 4) is 0 Å². The molecule has 2 atom stereocenters. The van der Waals surface area contributed by atoms with Gasteiger partial charge >= 0.3 is 5.97 Å². The highest BCUT2D eigenvalue weighted by Crippen LogP contribution is 2.25. The second-order valence-electron chi connectivity index (χ2n) is 4.44. The van der Waals surface area contributed by atoms with E-state index in [2.05, 4.69) is 13.8 Å². The molecule has 17 heavy (non-hydrogen) atoms. The van der Waals surface area contributed by atoms with Crippen molar-refractivity contribution in [2.24, 2.45) is 5.92 Å². The molecule has 1 fully saturated rings. The first kappa shape index (κ1) is 13.8. The van der Waals surface area contributed by atoms with Crippen molar-refractivity contribution in [1.29, 1.82) is 0 Å². The maximum atomic E-state index is 11.0. The van der Waals surface area contributed by atoms with Gasteiger partial charge < -0.3 is 4.74 Å². The van der Waals surface area contributed by atoms with E-state index in [9.17, 15) is 4.79 Å². The van der Waals surface area contributed by atoms with Gasteiger partial charge in [0.05, 0.1) is 5.92 Å². The molecule has 94 valence electrons. The summed E-state index contributed by atoms with van der Waals surface area (Å²) in [5.41, 5.74) is 1.20. The predicted molar refractivity (Wildman–Crippen MR) is 69.8 cm³/mol. The molecule has 0 radical (unpaired) electrons. The highest BCUT2D eigenvalue weighted by Gasteiger charge is 2.38. The maximum Gasteiger partial charge on any atom is 0.313 e. The fourth-order valence-electron chi connectivity index (χ4n) is 1.59. The van der Waals surface area contributed by atoms with Crippen LogP contribution in [0.4, 0.5) is 0 Å². The molecule has 2 nitrogen and oxygen atoms in total. The second kappa shape index (κ2) is 7.10. The zero-order valence-electron chi connectivity index (χ0n) is 11.0. The van der Waals surface area contributed by atoms with Crippen LogP contribution in [0.15, 0.2) is 30.3 Å². The number of hydrogen-bond acceptors (Lipinski definition) is 2. The van der Waals surface area contributed by atoms with Gasteiger partial charge in [-0.2, -0.15) is 0 Å². The average molecular weight is 234 g/mol. The van der Waals surface area contributed by atoms with Crippen LogP contribution in [-0.4, -0.2) is 12.1 Å². The van der Waals surface area contributed by atoms with Crippen LogP contribution in [0.1, 0.15) is 39.2 Å². The van der Waals surface area contributed by atoms with Crippen LogP contribution in [0.5, 0.6) is 0 Å². The summed E-state index contributed by atoms with van der Waals surface area (Å²) in [6.45, 7) is 6.30. The van der Waals surface area contributed by atoms with Crippen molar-refractivity contribution < 1.29 is 9.53 Å². The third-order valence-corrected chi connectivity index (χ3v) is 2.97. The smallest absolute Gasteiger partial charge is 0.313 e. The standard InChI is InChI=1S/C11H12O2.C4H10/c1-8-10(11(12)13-8)7-9-5-3-2-4-6-9;1-3-4-2/h2-6,8,10H,7H2,1H3;3-4H2,1-2H3/t8-,10+;/m0./s1. The van der Waals surface area contributed by atoms with Gasteiger partial charge in [-0.3, -0.25) is 4.79 Å². The average Bonchev–Trinajstić information content (AvgIpc) is 2.38. The predicted octanol–water partition coefficient (Wildman–Crippen LogP) is 3.60. The Balaban J connectivity index is 0.000000317. The SMILES string of the molecule is CCCC.C[C@@H]1OC(=O)[C@@H]1Cc1ccccc1. The van der Waals surface area contributed by atoms with Gasteiger partial charge in [-0.1, -0.05) is 57.0 Å². The van der Waals surface area contributed by atoms with Crippen molar-refractivity contribution in [1.82, 2.24) is 0 Å². The summed E-state index contributed by atoms with van der Waals surface area (Å²) in [6, 6.07) is 10.0. The number of unbranched alkanes of at least 4 members (excludes halogenated alkanes) is 1. The monoisotopic (exact) mass is 234 g/mol. The normalized spacial score (nSPS) is 21.9. The van der Waals surface area contributed by atoms with E-state index < -0.39 is 0 Å². The van der Waals surface area contributed by atoms with E-state index in [4.69, 9.17) is 4.74 Å². The molecule has 0 N–H and O–H groups in total. The molecule has 1 aromatic carbocycles. The molecule has 0 aliphatic carbocycles. The van der Waals surface area contributed by atoms with Gasteiger partial charge in [-0.25, -0.2) is 0 Å². The molecule has 2 heteroatoms. The molecule has 0 amide bonds. The van der Waals surface area contributed by atoms with E-state index in [1.165, 1.54) is 18.4 Å². The zero-order chi connectivity index (χ0) is 12.7. The highest BCUT2D eigenvalue weighted by atomic mass is 16.6. The molecule has 0 aromatic heterocycles. The molecular formula is C15H22O2. The maximum absolute atomic E-state index is 11.0. The van der Waals surface area contributed by atoms with Crippen LogP contribution in [0.3, 0.4) is 0 Å². The molecule has 0 unspecified atom stereocenters. The van der Waals surface area contributed by atoms with Crippen molar-refractivity contribution >= 4 is 5.97 Å². The number of benzene rings is 1. The largest absolute Gasteiger partial charge is 0.461 e. The van der Waals surface area contributed by atoms with E-state index in [1.807, 2.05) is 37.3 Å². The number of esters is 1. The Morgan fingerprint density at radius 2 is 1.71 bits per heavy atom. The van der Waals surface area contributed by atoms with Gasteiger partial charge in [0.2, 0.25) is 0 Å². The highest BCUT2D eigenvalue weighted by molar-refractivity contribution is 5.78. The van der Waals surface area contributed by atoms with Crippen LogP contribution in [0, 0.1) is 5.92 Å². The Morgan fingerprint density at radius 3 is 2.12 bits per heavy atom. The topological polar surface area (TPSA) is 26.3 Å². The third-order valence-electron chi connectivity index (χ3n) is 2.97. The molecule has 2 rings (SSSR count). The number of carbonyl (C=O) groups is 1. The van der Waals surface area contributed by atoms with Gasteiger partial charge in [0, 0.05) is 0 Å². The Hall–Kier alpha value is -1.31. The van der Waals surface area contributed by atoms with Crippen molar-refractivity contribution in [3.63, 3.8) is 0 Å². The van der Waals surface area contributed by atoms with E-state index in [0.717, 1.165) is 6.42 Å². The Kier molecular flexibility index (Phi) is 5.75. The van der Waals surface area contributed by atoms with Gasteiger partial charge in [-0.05, 0) is 18.9 Å². The number of carbonyl (C=O) groups excluding carboxylic acids is 1. The number of cyclic esters (lactones) is 1. The number of hydrogen-bond donors (Lipinski definition) is 0. The summed E-state index contributed by atoms with van der Waals surface area (Å²) in [4.78, 5) is 11.0. The first-order chi connectivity index (χ1) is 8.19. The van der Waals surface area contributed by atoms with E-state index in [-0.39, 0.29) is 18.0 Å². The molecular weight excluding hydrogens is 212 g/mol. The van der Waals surface area contributed by atoms with Gasteiger partial charge in [0.25, 0.3) is 0 Å². The van der Waals surface area contributed by atoms with Crippen LogP contribution in [-0.2, 0) is 16.0 Å². The lowest BCUT2D eigenvalue weighted by atomic mass is 9.91. The summed E-state index contributed by atoms with van der Waals surface area (Å²) in [7, 11) is 0. The lowest BCUT2D eigenvalue weighted by Gasteiger charge is -2.32. The molecule has 0 spiro atoms. The van der Waals surface area contributed by atoms with E-state index >= 15 is 0 Å². The minimum absolute atomic E-state index is 0.0589. The first-order valence-corrected chi connectivity index (χ1v) is 6.43. The molecule has 1 aliphatic rings. The number of ether oxygens (including phenoxy) is 1. The second-order valence-corrected chi connectivity index (χ2v) is 4.44. The van der Waals surface area contributed by atoms with Crippen molar-refractivity contribution in [3.05, 3.63) is 35.9 Å². The van der Waals surface area contributed by atoms with Gasteiger partial charge in [0.15, 0.2) is 0 Å². The molecule has 1 heterocycles. The van der Waals surface area contributed by atoms with Crippen molar-refractivity contribution in [2.75, 3.05) is 0 Å². The molecule has 1 aromatic rings. The third kappa shape index (κ3) is 4.22. The van der Waals surface area contributed by atoms with Crippen LogP contribution >= 0.6 is 0 Å². The van der Waals surface area contributed by atoms with Gasteiger partial charge in [0.1, 0.15) is 6.10 Å². The first-order valence-electron chi connectivity index (χ1n) is 6.43. The van der Waals surface area contributed by atoms with Crippen LogP contribution in [0.25, 0.3) is 0 Å². The fourth-order valence-corrected chi connectivity index (χ4v) is 1.59. The summed E-state index contributed by atoms with van der Waals surface area (Å²) in [5.74, 6) is 0.0127. The molecule has 1 saturated heterocycles. The fraction of sp³-hybridized carbons (Fsp3) is 0.533. The molecule has 0 saturated carbocycles. The summed E-state index contributed by atoms with van der Waals surface area (Å²) in [5, 5.41) is 0. The van der Waals surface area contributed by atoms with Crippen LogP contribution < -0.4 is 0 Å². The lowest BCUT2D eigenvalue weighted by Crippen LogP contribution is -2.44. The molecule has 0 bridgehead atoms. The van der Waals surface area contributed by atoms with Crippen LogP contribution in [0.2, 0.25) is 0 Å². The summed E-state index contributed by atoms with van der Waals surface area (Å²) < 4.78 is 4.88. The van der Waals surface area contributed by atoms with Crippen molar-refractivity contribution in [2.45, 2.75) is 46.1 Å². The Labute approximate surface area is 104 Å². The minimum Gasteiger partial charge on any atom is -0.461 e. The summed E-state index contributed by atoms with van der Waals surface area (Å²) in [6.07, 6.45) is 3.54. The molecule has 1 aliphatic heterocycles. The van der Waals surface area contributed by atoms with E-state index in [0.29, 0.717) is 0 Å². The quantitative estimate of drug-likeness (QED) is 0.747. The van der Waals surface area contributed by atoms with E-state index in [1.54, 1.807) is 0 Å². The summed E-state index contributed by atoms with van der Waals surface area (Å²) >= 11 is 0. The Morgan fingerprint density at radius 1 is 1.12 bits per heavy atom. The Bertz CT molecular complexity index is 330. The minimum atomic E-state index is -0.0589. The number of rotatable bonds is 3. The van der Waals surface area contributed by atoms with Gasteiger partial charge in [-0.15, -0.1) is 0 Å².